The summed E-state index contributed by atoms with van der Waals surface area (Å²) in [5, 5.41) is 10.5. The van der Waals surface area contributed by atoms with Gasteiger partial charge >= 0.3 is 0 Å². The maximum absolute atomic E-state index is 11.9. The molecule has 3 fully saturated rings. The zero-order valence-electron chi connectivity index (χ0n) is 13.5. The molecule has 0 aliphatic heterocycles. The minimum Gasteiger partial charge on any atom is -0.393 e. The Bertz CT molecular complexity index is 528. The van der Waals surface area contributed by atoms with Crippen LogP contribution >= 0.6 is 11.6 Å². The summed E-state index contributed by atoms with van der Waals surface area (Å²) in [7, 11) is 0. The number of aliphatic hydroxyl groups is 1. The van der Waals surface area contributed by atoms with E-state index < -0.39 is 0 Å². The molecule has 0 spiro atoms. The topological polar surface area (TPSA) is 37.3 Å². The molecule has 0 aromatic heterocycles. The molecule has 4 aliphatic carbocycles. The lowest BCUT2D eigenvalue weighted by Gasteiger charge is -2.58. The molecule has 0 saturated heterocycles. The largest absolute Gasteiger partial charge is 0.393 e. The van der Waals surface area contributed by atoms with Crippen LogP contribution in [0.4, 0.5) is 0 Å². The Labute approximate surface area is 138 Å². The van der Waals surface area contributed by atoms with Crippen LogP contribution in [0.5, 0.6) is 0 Å². The van der Waals surface area contributed by atoms with E-state index in [0.717, 1.165) is 25.7 Å². The van der Waals surface area contributed by atoms with Gasteiger partial charge in [-0.2, -0.15) is 0 Å². The number of allylic oxidation sites excluding steroid dienone is 1. The fourth-order valence-corrected chi connectivity index (χ4v) is 7.09. The van der Waals surface area contributed by atoms with E-state index >= 15 is 0 Å². The number of halogens is 1. The second-order valence-corrected chi connectivity index (χ2v) is 8.75. The van der Waals surface area contributed by atoms with Crippen molar-refractivity contribution < 1.29 is 9.90 Å². The highest BCUT2D eigenvalue weighted by atomic mass is 35.5. The molecule has 2 nitrogen and oxygen atoms in total. The van der Waals surface area contributed by atoms with E-state index in [-0.39, 0.29) is 16.9 Å². The molecule has 6 atom stereocenters. The summed E-state index contributed by atoms with van der Waals surface area (Å²) in [6, 6.07) is 0. The maximum atomic E-state index is 11.9. The van der Waals surface area contributed by atoms with Gasteiger partial charge in [0, 0.05) is 17.7 Å². The van der Waals surface area contributed by atoms with Gasteiger partial charge in [0.05, 0.1) is 6.10 Å². The number of alkyl halides is 1. The van der Waals surface area contributed by atoms with E-state index in [1.54, 1.807) is 0 Å². The molecule has 122 valence electrons. The van der Waals surface area contributed by atoms with Gasteiger partial charge in [-0.15, -0.1) is 11.6 Å². The average Bonchev–Trinajstić information content (AvgIpc) is 2.82. The number of hydrogen-bond donors (Lipinski definition) is 1. The Hall–Kier alpha value is -0.340. The van der Waals surface area contributed by atoms with Crippen molar-refractivity contribution in [3.05, 3.63) is 11.6 Å². The SMILES string of the molecule is CC12CCC3C(CCC4=CC(=O)CCC43CCl)C1CCC2O. The third-order valence-electron chi connectivity index (χ3n) is 7.87. The Balaban J connectivity index is 1.71. The number of hydrogen-bond acceptors (Lipinski definition) is 2. The molecule has 4 rings (SSSR count). The van der Waals surface area contributed by atoms with E-state index in [1.807, 2.05) is 6.08 Å². The van der Waals surface area contributed by atoms with Gasteiger partial charge in [0.25, 0.3) is 0 Å². The van der Waals surface area contributed by atoms with Gasteiger partial charge in [0.1, 0.15) is 0 Å². The molecule has 0 aromatic carbocycles. The van der Waals surface area contributed by atoms with Crippen molar-refractivity contribution in [2.75, 3.05) is 5.88 Å². The Morgan fingerprint density at radius 2 is 2.00 bits per heavy atom. The molecule has 3 heteroatoms. The number of fused-ring (bicyclic) bond motifs is 5. The third-order valence-corrected chi connectivity index (χ3v) is 8.35. The molecule has 4 aliphatic rings. The monoisotopic (exact) mass is 322 g/mol. The summed E-state index contributed by atoms with van der Waals surface area (Å²) >= 11 is 6.52. The molecular weight excluding hydrogens is 296 g/mol. The molecule has 0 radical (unpaired) electrons. The van der Waals surface area contributed by atoms with Gasteiger partial charge in [-0.05, 0) is 74.2 Å². The highest BCUT2D eigenvalue weighted by Gasteiger charge is 2.59. The summed E-state index contributed by atoms with van der Waals surface area (Å²) in [6.45, 7) is 2.31. The lowest BCUT2D eigenvalue weighted by atomic mass is 9.47. The standard InChI is InChI=1S/C19H27ClO2/c1-18-8-7-16-14(15(18)4-5-17(18)22)3-2-12-10-13(21)6-9-19(12,16)11-20/h10,14-17,22H,2-9,11H2,1H3. The van der Waals surface area contributed by atoms with E-state index in [1.165, 1.54) is 24.8 Å². The summed E-state index contributed by atoms with van der Waals surface area (Å²) in [4.78, 5) is 11.9. The predicted molar refractivity (Wildman–Crippen MR) is 87.8 cm³/mol. The minimum atomic E-state index is -0.115. The van der Waals surface area contributed by atoms with Crippen LogP contribution in [-0.4, -0.2) is 22.9 Å². The molecule has 0 bridgehead atoms. The average molecular weight is 323 g/mol. The maximum Gasteiger partial charge on any atom is 0.155 e. The van der Waals surface area contributed by atoms with E-state index in [0.29, 0.717) is 35.8 Å². The van der Waals surface area contributed by atoms with Crippen molar-refractivity contribution in [2.24, 2.45) is 28.6 Å². The van der Waals surface area contributed by atoms with Gasteiger partial charge in [-0.25, -0.2) is 0 Å². The molecule has 0 heterocycles. The third kappa shape index (κ3) is 1.86. The summed E-state index contributed by atoms with van der Waals surface area (Å²) < 4.78 is 0. The lowest BCUT2D eigenvalue weighted by molar-refractivity contribution is -0.117. The first-order valence-electron chi connectivity index (χ1n) is 8.99. The van der Waals surface area contributed by atoms with Crippen LogP contribution in [0, 0.1) is 28.6 Å². The molecular formula is C19H27ClO2. The van der Waals surface area contributed by atoms with E-state index in [2.05, 4.69) is 6.92 Å². The van der Waals surface area contributed by atoms with Crippen molar-refractivity contribution in [3.63, 3.8) is 0 Å². The van der Waals surface area contributed by atoms with Gasteiger partial charge in [0.15, 0.2) is 5.78 Å². The Kier molecular flexibility index (Phi) is 3.51. The zero-order valence-corrected chi connectivity index (χ0v) is 14.2. The van der Waals surface area contributed by atoms with Crippen molar-refractivity contribution >= 4 is 17.4 Å². The summed E-state index contributed by atoms with van der Waals surface area (Å²) in [6.07, 6.45) is 10.1. The van der Waals surface area contributed by atoms with E-state index in [4.69, 9.17) is 11.6 Å². The first kappa shape index (κ1) is 15.2. The Morgan fingerprint density at radius 1 is 1.18 bits per heavy atom. The fraction of sp³-hybridized carbons (Fsp3) is 0.842. The van der Waals surface area contributed by atoms with Crippen LogP contribution in [0.15, 0.2) is 11.6 Å². The Morgan fingerprint density at radius 3 is 2.77 bits per heavy atom. The van der Waals surface area contributed by atoms with Crippen molar-refractivity contribution in [1.29, 1.82) is 0 Å². The van der Waals surface area contributed by atoms with Crippen LogP contribution in [0.3, 0.4) is 0 Å². The first-order valence-corrected chi connectivity index (χ1v) is 9.52. The highest BCUT2D eigenvalue weighted by molar-refractivity contribution is 6.18. The number of carbonyl (C=O) groups excluding carboxylic acids is 1. The van der Waals surface area contributed by atoms with Gasteiger partial charge < -0.3 is 5.11 Å². The van der Waals surface area contributed by atoms with Crippen LogP contribution in [0.2, 0.25) is 0 Å². The molecule has 0 aromatic rings. The zero-order chi connectivity index (χ0) is 15.5. The van der Waals surface area contributed by atoms with Crippen molar-refractivity contribution in [1.82, 2.24) is 0 Å². The number of ketones is 1. The first-order chi connectivity index (χ1) is 10.5. The fourth-order valence-electron chi connectivity index (χ4n) is 6.58. The molecule has 1 N–H and O–H groups in total. The smallest absolute Gasteiger partial charge is 0.155 e. The normalized spacial score (nSPS) is 50.9. The van der Waals surface area contributed by atoms with Crippen LogP contribution in [-0.2, 0) is 4.79 Å². The van der Waals surface area contributed by atoms with Gasteiger partial charge in [-0.3, -0.25) is 4.79 Å². The molecule has 0 amide bonds. The number of aliphatic hydroxyl groups excluding tert-OH is 1. The van der Waals surface area contributed by atoms with Gasteiger partial charge in [0.2, 0.25) is 0 Å². The predicted octanol–water partition coefficient (Wildman–Crippen LogP) is 4.10. The second kappa shape index (κ2) is 5.08. The molecule has 3 saturated carbocycles. The van der Waals surface area contributed by atoms with E-state index in [9.17, 15) is 9.90 Å². The van der Waals surface area contributed by atoms with Crippen LogP contribution < -0.4 is 0 Å². The van der Waals surface area contributed by atoms with Crippen LogP contribution in [0.1, 0.15) is 58.3 Å². The molecule has 22 heavy (non-hydrogen) atoms. The summed E-state index contributed by atoms with van der Waals surface area (Å²) in [5.74, 6) is 2.94. The minimum absolute atomic E-state index is 0.0766. The van der Waals surface area contributed by atoms with Crippen molar-refractivity contribution in [3.8, 4) is 0 Å². The molecule has 6 unspecified atom stereocenters. The van der Waals surface area contributed by atoms with Crippen LogP contribution in [0.25, 0.3) is 0 Å². The lowest BCUT2D eigenvalue weighted by Crippen LogP contribution is -2.52. The second-order valence-electron chi connectivity index (χ2n) is 8.48. The van der Waals surface area contributed by atoms with Gasteiger partial charge in [-0.1, -0.05) is 12.5 Å². The highest BCUT2D eigenvalue weighted by Crippen LogP contribution is 2.65. The van der Waals surface area contributed by atoms with Crippen molar-refractivity contribution in [2.45, 2.75) is 64.4 Å². The number of rotatable bonds is 1. The quantitative estimate of drug-likeness (QED) is 0.738. The summed E-state index contributed by atoms with van der Waals surface area (Å²) in [5.41, 5.74) is 1.55. The number of carbonyl (C=O) groups is 1.